The van der Waals surface area contributed by atoms with E-state index >= 15 is 0 Å². The van der Waals surface area contributed by atoms with Gasteiger partial charge in [-0.2, -0.15) is 0 Å². The Morgan fingerprint density at radius 3 is 2.35 bits per heavy atom. The fourth-order valence-electron chi connectivity index (χ4n) is 4.88. The van der Waals surface area contributed by atoms with Crippen LogP contribution in [0.2, 0.25) is 5.02 Å². The summed E-state index contributed by atoms with van der Waals surface area (Å²) in [5.74, 6) is -0.478. The van der Waals surface area contributed by atoms with E-state index in [9.17, 15) is 14.4 Å². The number of benzene rings is 3. The van der Waals surface area contributed by atoms with Crippen molar-refractivity contribution in [2.75, 3.05) is 13.1 Å². The second-order valence-electron chi connectivity index (χ2n) is 9.34. The van der Waals surface area contributed by atoms with Gasteiger partial charge in [0, 0.05) is 30.6 Å². The van der Waals surface area contributed by atoms with E-state index < -0.39 is 11.9 Å². The first kappa shape index (κ1) is 24.8. The zero-order valence-electron chi connectivity index (χ0n) is 20.2. The maximum atomic E-state index is 13.7. The van der Waals surface area contributed by atoms with Crippen LogP contribution in [0.15, 0.2) is 94.1 Å². The number of carbonyl (C=O) groups excluding carboxylic acids is 2. The number of nitrogens with one attached hydrogen (secondary N) is 1. The van der Waals surface area contributed by atoms with Crippen molar-refractivity contribution in [3.05, 3.63) is 117 Å². The Kier molecular flexibility index (Phi) is 7.37. The average molecular weight is 515 g/mol. The molecule has 37 heavy (non-hydrogen) atoms. The van der Waals surface area contributed by atoms with Gasteiger partial charge in [0.25, 0.3) is 5.91 Å². The highest BCUT2D eigenvalue weighted by Crippen LogP contribution is 2.28. The molecule has 0 aliphatic carbocycles. The molecule has 1 aliphatic heterocycles. The third kappa shape index (κ3) is 5.75. The van der Waals surface area contributed by atoms with E-state index in [1.54, 1.807) is 36.4 Å². The molecule has 0 unspecified atom stereocenters. The van der Waals surface area contributed by atoms with Crippen LogP contribution in [0.4, 0.5) is 0 Å². The molecule has 1 fully saturated rings. The molecule has 6 nitrogen and oxygen atoms in total. The number of amides is 2. The highest BCUT2D eigenvalue weighted by Gasteiger charge is 2.31. The van der Waals surface area contributed by atoms with Crippen molar-refractivity contribution in [1.29, 1.82) is 0 Å². The molecule has 0 radical (unpaired) electrons. The fourth-order valence-corrected chi connectivity index (χ4v) is 5.01. The molecule has 1 saturated heterocycles. The Morgan fingerprint density at radius 2 is 1.62 bits per heavy atom. The topological polar surface area (TPSA) is 79.6 Å². The Hall–Kier alpha value is -3.90. The van der Waals surface area contributed by atoms with Gasteiger partial charge in [0.2, 0.25) is 5.91 Å². The van der Waals surface area contributed by atoms with Crippen LogP contribution in [0.1, 0.15) is 40.4 Å². The first-order valence-corrected chi connectivity index (χ1v) is 12.8. The van der Waals surface area contributed by atoms with Crippen LogP contribution in [-0.4, -0.2) is 35.8 Å². The molecular weight excluding hydrogens is 488 g/mol. The third-order valence-electron chi connectivity index (χ3n) is 6.89. The Morgan fingerprint density at radius 1 is 0.946 bits per heavy atom. The molecule has 5 rings (SSSR count). The number of hydrogen-bond donors (Lipinski definition) is 1. The molecule has 1 N–H and O–H groups in total. The molecule has 0 spiro atoms. The van der Waals surface area contributed by atoms with Gasteiger partial charge in [-0.15, -0.1) is 0 Å². The molecule has 1 aromatic heterocycles. The van der Waals surface area contributed by atoms with Crippen LogP contribution >= 0.6 is 11.6 Å². The number of nitrogens with zero attached hydrogens (tertiary/aromatic N) is 1. The van der Waals surface area contributed by atoms with E-state index in [1.165, 1.54) is 11.6 Å². The molecule has 0 saturated carbocycles. The molecule has 1 atom stereocenters. The lowest BCUT2D eigenvalue weighted by Gasteiger charge is -2.34. The smallest absolute Gasteiger partial charge is 0.287 e. The molecule has 188 valence electrons. The second kappa shape index (κ2) is 11.0. The maximum absolute atomic E-state index is 13.7. The predicted octanol–water partition coefficient (Wildman–Crippen LogP) is 5.19. The zero-order chi connectivity index (χ0) is 25.8. The van der Waals surface area contributed by atoms with E-state index in [0.29, 0.717) is 35.0 Å². The lowest BCUT2D eigenvalue weighted by Crippen LogP contribution is -2.51. The number of piperidine rings is 1. The average Bonchev–Trinajstić information content (AvgIpc) is 2.94. The third-order valence-corrected chi connectivity index (χ3v) is 7.14. The molecule has 4 aromatic rings. The van der Waals surface area contributed by atoms with Crippen LogP contribution in [-0.2, 0) is 11.2 Å². The van der Waals surface area contributed by atoms with Gasteiger partial charge in [-0.1, -0.05) is 66.2 Å². The number of fused-ring (bicyclic) bond motifs is 1. The first-order chi connectivity index (χ1) is 18.0. The lowest BCUT2D eigenvalue weighted by atomic mass is 9.89. The number of carbonyl (C=O) groups is 2. The Labute approximate surface area is 219 Å². The summed E-state index contributed by atoms with van der Waals surface area (Å²) >= 11 is 6.04. The highest BCUT2D eigenvalue weighted by molar-refractivity contribution is 6.30. The summed E-state index contributed by atoms with van der Waals surface area (Å²) in [6, 6.07) is 24.6. The van der Waals surface area contributed by atoms with Gasteiger partial charge >= 0.3 is 0 Å². The summed E-state index contributed by atoms with van der Waals surface area (Å²) in [6.45, 7) is 1.22. The molecule has 2 amide bonds. The van der Waals surface area contributed by atoms with Gasteiger partial charge in [-0.05, 0) is 54.2 Å². The van der Waals surface area contributed by atoms with Gasteiger partial charge < -0.3 is 14.6 Å². The number of halogens is 1. The minimum Gasteiger partial charge on any atom is -0.451 e. The highest BCUT2D eigenvalue weighted by atomic mass is 35.5. The summed E-state index contributed by atoms with van der Waals surface area (Å²) in [5, 5.41) is 3.82. The molecule has 1 aliphatic rings. The molecule has 3 aromatic carbocycles. The summed E-state index contributed by atoms with van der Waals surface area (Å²) in [4.78, 5) is 41.2. The van der Waals surface area contributed by atoms with E-state index in [4.69, 9.17) is 16.0 Å². The zero-order valence-corrected chi connectivity index (χ0v) is 21.0. The normalized spacial score (nSPS) is 14.9. The van der Waals surface area contributed by atoms with Crippen molar-refractivity contribution in [2.24, 2.45) is 0 Å². The monoisotopic (exact) mass is 514 g/mol. The molecular formula is C30H27ClN2O4. The van der Waals surface area contributed by atoms with Gasteiger partial charge in [-0.3, -0.25) is 14.4 Å². The van der Waals surface area contributed by atoms with Crippen molar-refractivity contribution < 1.29 is 14.0 Å². The van der Waals surface area contributed by atoms with Crippen LogP contribution < -0.4 is 10.7 Å². The number of rotatable bonds is 6. The summed E-state index contributed by atoms with van der Waals surface area (Å²) in [5.41, 5.74) is 2.16. The SMILES string of the molecule is O=C(N[C@H](Cc1ccc(Cl)cc1)C(=O)N1CCC(c2ccccc2)CC1)c1cc(=O)c2ccccc2o1. The van der Waals surface area contributed by atoms with Gasteiger partial charge in [0.1, 0.15) is 11.6 Å². The second-order valence-corrected chi connectivity index (χ2v) is 9.77. The molecule has 7 heteroatoms. The quantitative estimate of drug-likeness (QED) is 0.384. The number of para-hydroxylation sites is 1. The lowest BCUT2D eigenvalue weighted by molar-refractivity contribution is -0.134. The van der Waals surface area contributed by atoms with E-state index in [0.717, 1.165) is 18.4 Å². The first-order valence-electron chi connectivity index (χ1n) is 12.4. The number of hydrogen-bond acceptors (Lipinski definition) is 4. The van der Waals surface area contributed by atoms with E-state index in [-0.39, 0.29) is 23.5 Å². The van der Waals surface area contributed by atoms with Crippen LogP contribution in [0.3, 0.4) is 0 Å². The fraction of sp³-hybridized carbons (Fsp3) is 0.233. The van der Waals surface area contributed by atoms with Crippen LogP contribution in [0, 0.1) is 0 Å². The standard InChI is InChI=1S/C30H27ClN2O4/c31-23-12-10-20(11-13-23)18-25(30(36)33-16-14-22(15-17-33)21-6-2-1-3-7-21)32-29(35)28-19-26(34)24-8-4-5-9-27(24)37-28/h1-13,19,22,25H,14-18H2,(H,32,35)/t25-/m1/s1. The predicted molar refractivity (Wildman–Crippen MR) is 144 cm³/mol. The molecule has 0 bridgehead atoms. The van der Waals surface area contributed by atoms with Gasteiger partial charge in [0.15, 0.2) is 11.2 Å². The summed E-state index contributed by atoms with van der Waals surface area (Å²) in [6.07, 6.45) is 2.01. The minimum absolute atomic E-state index is 0.125. The van der Waals surface area contributed by atoms with E-state index in [2.05, 4.69) is 17.4 Å². The summed E-state index contributed by atoms with van der Waals surface area (Å²) < 4.78 is 5.71. The van der Waals surface area contributed by atoms with E-state index in [1.807, 2.05) is 35.2 Å². The van der Waals surface area contributed by atoms with Crippen LogP contribution in [0.25, 0.3) is 11.0 Å². The summed E-state index contributed by atoms with van der Waals surface area (Å²) in [7, 11) is 0. The minimum atomic E-state index is -0.821. The number of likely N-dealkylation sites (tertiary alicyclic amines) is 1. The van der Waals surface area contributed by atoms with Crippen LogP contribution in [0.5, 0.6) is 0 Å². The van der Waals surface area contributed by atoms with Gasteiger partial charge in [-0.25, -0.2) is 0 Å². The largest absolute Gasteiger partial charge is 0.451 e. The Balaban J connectivity index is 1.35. The van der Waals surface area contributed by atoms with Crippen molar-refractivity contribution in [1.82, 2.24) is 10.2 Å². The molecule has 2 heterocycles. The van der Waals surface area contributed by atoms with Crippen molar-refractivity contribution in [3.8, 4) is 0 Å². The van der Waals surface area contributed by atoms with Crippen molar-refractivity contribution in [2.45, 2.75) is 31.2 Å². The van der Waals surface area contributed by atoms with Gasteiger partial charge in [0.05, 0.1) is 5.39 Å². The van der Waals surface area contributed by atoms with Crippen molar-refractivity contribution >= 4 is 34.4 Å². The maximum Gasteiger partial charge on any atom is 0.287 e. The Bertz CT molecular complexity index is 1460. The van der Waals surface area contributed by atoms with Crippen molar-refractivity contribution in [3.63, 3.8) is 0 Å².